The number of anilines is 1. The predicted molar refractivity (Wildman–Crippen MR) is 101 cm³/mol. The van der Waals surface area contributed by atoms with E-state index in [9.17, 15) is 4.79 Å². The van der Waals surface area contributed by atoms with E-state index >= 15 is 0 Å². The van der Waals surface area contributed by atoms with Crippen LogP contribution in [0, 0.1) is 0 Å². The van der Waals surface area contributed by atoms with Gasteiger partial charge in [0.15, 0.2) is 11.5 Å². The molecule has 0 saturated carbocycles. The highest BCUT2D eigenvalue weighted by molar-refractivity contribution is 5.91. The molecule has 0 radical (unpaired) electrons. The van der Waals surface area contributed by atoms with E-state index < -0.39 is 0 Å². The second-order valence-corrected chi connectivity index (χ2v) is 5.73. The van der Waals surface area contributed by atoms with Crippen molar-refractivity contribution in [3.8, 4) is 11.5 Å². The fourth-order valence-electron chi connectivity index (χ4n) is 2.29. The van der Waals surface area contributed by atoms with Gasteiger partial charge >= 0.3 is 0 Å². The van der Waals surface area contributed by atoms with Gasteiger partial charge in [-0.05, 0) is 41.5 Å². The van der Waals surface area contributed by atoms with E-state index in [2.05, 4.69) is 5.32 Å². The minimum Gasteiger partial charge on any atom is -0.493 e. The van der Waals surface area contributed by atoms with Gasteiger partial charge in [-0.1, -0.05) is 18.2 Å². The van der Waals surface area contributed by atoms with Crippen LogP contribution in [0.1, 0.15) is 11.1 Å². The Morgan fingerprint density at radius 3 is 2.32 bits per heavy atom. The zero-order valence-corrected chi connectivity index (χ0v) is 15.1. The van der Waals surface area contributed by atoms with Crippen LogP contribution < -0.4 is 19.7 Å². The second-order valence-electron chi connectivity index (χ2n) is 5.73. The van der Waals surface area contributed by atoms with E-state index in [-0.39, 0.29) is 5.91 Å². The van der Waals surface area contributed by atoms with Crippen LogP contribution in [-0.4, -0.2) is 34.2 Å². The van der Waals surface area contributed by atoms with Crippen molar-refractivity contribution < 1.29 is 14.3 Å². The minimum absolute atomic E-state index is 0.147. The number of amides is 1. The molecule has 0 spiro atoms. The fraction of sp³-hybridized carbons (Fsp3) is 0.250. The molecule has 25 heavy (non-hydrogen) atoms. The number of carbonyl (C=O) groups is 1. The summed E-state index contributed by atoms with van der Waals surface area (Å²) in [7, 11) is 7.16. The SMILES string of the molecule is COc1ccc(/C=C/C(=O)NCc2ccc(N(C)C)cc2)cc1OC. The van der Waals surface area contributed by atoms with E-state index in [1.54, 1.807) is 20.3 Å². The molecular formula is C20H24N2O3. The minimum atomic E-state index is -0.147. The summed E-state index contributed by atoms with van der Waals surface area (Å²) >= 11 is 0. The largest absolute Gasteiger partial charge is 0.493 e. The molecule has 0 aromatic heterocycles. The van der Waals surface area contributed by atoms with Crippen molar-refractivity contribution in [3.63, 3.8) is 0 Å². The standard InChI is InChI=1S/C20H24N2O3/c1-22(2)17-9-5-16(6-10-17)14-21-20(23)12-8-15-7-11-18(24-3)19(13-15)25-4/h5-13H,14H2,1-4H3,(H,21,23)/b12-8+. The molecule has 0 aliphatic heterocycles. The number of rotatable bonds is 7. The summed E-state index contributed by atoms with van der Waals surface area (Å²) in [6, 6.07) is 13.6. The third-order valence-corrected chi connectivity index (χ3v) is 3.75. The first-order valence-corrected chi connectivity index (χ1v) is 7.97. The number of nitrogens with one attached hydrogen (secondary N) is 1. The summed E-state index contributed by atoms with van der Waals surface area (Å²) in [6.45, 7) is 0.489. The quantitative estimate of drug-likeness (QED) is 0.787. The molecule has 0 aliphatic carbocycles. The van der Waals surface area contributed by atoms with E-state index in [4.69, 9.17) is 9.47 Å². The molecule has 2 aromatic rings. The average Bonchev–Trinajstić information content (AvgIpc) is 2.64. The topological polar surface area (TPSA) is 50.8 Å². The first kappa shape index (κ1) is 18.4. The number of nitrogens with zero attached hydrogens (tertiary/aromatic N) is 1. The average molecular weight is 340 g/mol. The molecule has 0 atom stereocenters. The summed E-state index contributed by atoms with van der Waals surface area (Å²) in [5.41, 5.74) is 3.05. The summed E-state index contributed by atoms with van der Waals surface area (Å²) < 4.78 is 10.4. The Balaban J connectivity index is 1.92. The van der Waals surface area contributed by atoms with Crippen LogP contribution in [0.15, 0.2) is 48.5 Å². The van der Waals surface area contributed by atoms with E-state index in [0.717, 1.165) is 16.8 Å². The van der Waals surface area contributed by atoms with Gasteiger partial charge in [-0.3, -0.25) is 4.79 Å². The van der Waals surface area contributed by atoms with E-state index in [1.165, 1.54) is 6.08 Å². The lowest BCUT2D eigenvalue weighted by molar-refractivity contribution is -0.116. The lowest BCUT2D eigenvalue weighted by atomic mass is 10.2. The molecule has 0 fully saturated rings. The highest BCUT2D eigenvalue weighted by Crippen LogP contribution is 2.27. The lowest BCUT2D eigenvalue weighted by Gasteiger charge is -2.12. The normalized spacial score (nSPS) is 10.6. The molecule has 1 amide bonds. The smallest absolute Gasteiger partial charge is 0.244 e. The maximum absolute atomic E-state index is 12.0. The first-order valence-electron chi connectivity index (χ1n) is 7.97. The first-order chi connectivity index (χ1) is 12.0. The van der Waals surface area contributed by atoms with Crippen molar-refractivity contribution in [2.75, 3.05) is 33.2 Å². The van der Waals surface area contributed by atoms with Gasteiger partial charge in [0.25, 0.3) is 0 Å². The Morgan fingerprint density at radius 2 is 1.72 bits per heavy atom. The monoisotopic (exact) mass is 340 g/mol. The molecule has 132 valence electrons. The molecule has 0 aliphatic rings. The zero-order chi connectivity index (χ0) is 18.2. The summed E-state index contributed by atoms with van der Waals surface area (Å²) in [6.07, 6.45) is 3.25. The van der Waals surface area contributed by atoms with Gasteiger partial charge < -0.3 is 19.7 Å². The number of ether oxygens (including phenoxy) is 2. The van der Waals surface area contributed by atoms with Gasteiger partial charge in [0.05, 0.1) is 14.2 Å². The number of hydrogen-bond donors (Lipinski definition) is 1. The third kappa shape index (κ3) is 5.28. The maximum Gasteiger partial charge on any atom is 0.244 e. The third-order valence-electron chi connectivity index (χ3n) is 3.75. The Hall–Kier alpha value is -2.95. The summed E-state index contributed by atoms with van der Waals surface area (Å²) in [5, 5.41) is 2.87. The Bertz CT molecular complexity index is 737. The Morgan fingerprint density at radius 1 is 1.04 bits per heavy atom. The van der Waals surface area contributed by atoms with Crippen molar-refractivity contribution in [1.82, 2.24) is 5.32 Å². The van der Waals surface area contributed by atoms with Crippen LogP contribution in [0.5, 0.6) is 11.5 Å². The van der Waals surface area contributed by atoms with Crippen LogP contribution in [-0.2, 0) is 11.3 Å². The highest BCUT2D eigenvalue weighted by atomic mass is 16.5. The van der Waals surface area contributed by atoms with Crippen molar-refractivity contribution >= 4 is 17.7 Å². The molecule has 2 aromatic carbocycles. The van der Waals surface area contributed by atoms with Gasteiger partial charge in [-0.15, -0.1) is 0 Å². The van der Waals surface area contributed by atoms with Gasteiger partial charge in [-0.25, -0.2) is 0 Å². The lowest BCUT2D eigenvalue weighted by Crippen LogP contribution is -2.20. The van der Waals surface area contributed by atoms with Gasteiger partial charge in [0.1, 0.15) is 0 Å². The molecule has 0 saturated heterocycles. The molecule has 5 heteroatoms. The molecule has 0 bridgehead atoms. The Kier molecular flexibility index (Phi) is 6.46. The van der Waals surface area contributed by atoms with Crippen molar-refractivity contribution in [1.29, 1.82) is 0 Å². The second kappa shape index (κ2) is 8.78. The van der Waals surface area contributed by atoms with Gasteiger partial charge in [-0.2, -0.15) is 0 Å². The van der Waals surface area contributed by atoms with Crippen LogP contribution in [0.2, 0.25) is 0 Å². The maximum atomic E-state index is 12.0. The van der Waals surface area contributed by atoms with Gasteiger partial charge in [0.2, 0.25) is 5.91 Å². The van der Waals surface area contributed by atoms with Crippen LogP contribution in [0.3, 0.4) is 0 Å². The molecule has 1 N–H and O–H groups in total. The number of carbonyl (C=O) groups excluding carboxylic acids is 1. The number of methoxy groups -OCH3 is 2. The van der Waals surface area contributed by atoms with Crippen LogP contribution in [0.25, 0.3) is 6.08 Å². The number of hydrogen-bond acceptors (Lipinski definition) is 4. The van der Waals surface area contributed by atoms with Crippen molar-refractivity contribution in [2.24, 2.45) is 0 Å². The van der Waals surface area contributed by atoms with Crippen molar-refractivity contribution in [2.45, 2.75) is 6.54 Å². The molecule has 0 heterocycles. The van der Waals surface area contributed by atoms with E-state index in [0.29, 0.717) is 18.0 Å². The van der Waals surface area contributed by atoms with Crippen LogP contribution in [0.4, 0.5) is 5.69 Å². The molecular weight excluding hydrogens is 316 g/mol. The van der Waals surface area contributed by atoms with E-state index in [1.807, 2.05) is 61.5 Å². The molecule has 0 unspecified atom stereocenters. The summed E-state index contributed by atoms with van der Waals surface area (Å²) in [4.78, 5) is 14.0. The number of benzene rings is 2. The van der Waals surface area contributed by atoms with Crippen LogP contribution >= 0.6 is 0 Å². The zero-order valence-electron chi connectivity index (χ0n) is 15.1. The predicted octanol–water partition coefficient (Wildman–Crippen LogP) is 3.10. The summed E-state index contributed by atoms with van der Waals surface area (Å²) in [5.74, 6) is 1.14. The highest BCUT2D eigenvalue weighted by Gasteiger charge is 2.03. The molecule has 5 nitrogen and oxygen atoms in total. The fourth-order valence-corrected chi connectivity index (χ4v) is 2.29. The Labute approximate surface area is 148 Å². The van der Waals surface area contributed by atoms with Crippen molar-refractivity contribution in [3.05, 3.63) is 59.7 Å². The van der Waals surface area contributed by atoms with Gasteiger partial charge in [0, 0.05) is 32.4 Å². The molecule has 2 rings (SSSR count).